The van der Waals surface area contributed by atoms with Gasteiger partial charge in [0.1, 0.15) is 0 Å². The normalized spacial score (nSPS) is 10.4. The summed E-state index contributed by atoms with van der Waals surface area (Å²) in [5.74, 6) is 0.406. The smallest absolute Gasteiger partial charge is 0.287 e. The molecule has 1 rings (SSSR count). The highest BCUT2D eigenvalue weighted by Gasteiger charge is 2.06. The molecule has 90 valence electrons. The number of nitrogens with zero attached hydrogens (tertiary/aromatic N) is 1. The molecule has 0 fully saturated rings. The maximum atomic E-state index is 11.3. The number of hydrogen-bond acceptors (Lipinski definition) is 3. The third kappa shape index (κ3) is 5.01. The van der Waals surface area contributed by atoms with Gasteiger partial charge < -0.3 is 20.8 Å². The van der Waals surface area contributed by atoms with E-state index < -0.39 is 0 Å². The van der Waals surface area contributed by atoms with E-state index in [0.29, 0.717) is 24.8 Å². The van der Waals surface area contributed by atoms with Crippen LogP contribution in [-0.4, -0.2) is 32.0 Å². The van der Waals surface area contributed by atoms with Crippen molar-refractivity contribution in [2.75, 3.05) is 20.1 Å². The summed E-state index contributed by atoms with van der Waals surface area (Å²) in [7, 11) is 1.59. The topological polar surface area (TPSA) is 92.6 Å². The first-order chi connectivity index (χ1) is 7.24. The fraction of sp³-hybridized carbons (Fsp3) is 0.333. The summed E-state index contributed by atoms with van der Waals surface area (Å²) in [6.45, 7) is 0.978. The number of carbonyl (C=O) groups excluding carboxylic acids is 1. The summed E-state index contributed by atoms with van der Waals surface area (Å²) in [5, 5.41) is 5.47. The van der Waals surface area contributed by atoms with Crippen LogP contribution in [0.5, 0.6) is 0 Å². The number of nitrogens with two attached hydrogens (primary N) is 1. The SMILES string of the molecule is CN=C(N)NCCNC(=O)c1ccco1.I. The molecule has 0 spiro atoms. The van der Waals surface area contributed by atoms with Gasteiger partial charge in [-0.1, -0.05) is 0 Å². The molecule has 1 aromatic rings. The van der Waals surface area contributed by atoms with Crippen LogP contribution < -0.4 is 16.4 Å². The molecule has 1 amide bonds. The molecule has 4 N–H and O–H groups in total. The third-order valence-corrected chi connectivity index (χ3v) is 1.70. The van der Waals surface area contributed by atoms with E-state index >= 15 is 0 Å². The molecule has 6 nitrogen and oxygen atoms in total. The average molecular weight is 338 g/mol. The zero-order valence-corrected chi connectivity index (χ0v) is 11.2. The van der Waals surface area contributed by atoms with Crippen molar-refractivity contribution in [1.82, 2.24) is 10.6 Å². The van der Waals surface area contributed by atoms with Crippen LogP contribution in [0.2, 0.25) is 0 Å². The molecule has 0 bridgehead atoms. The Kier molecular flexibility index (Phi) is 7.34. The van der Waals surface area contributed by atoms with Crippen molar-refractivity contribution < 1.29 is 9.21 Å². The van der Waals surface area contributed by atoms with Crippen molar-refractivity contribution >= 4 is 35.8 Å². The van der Waals surface area contributed by atoms with Gasteiger partial charge in [-0.25, -0.2) is 0 Å². The van der Waals surface area contributed by atoms with Gasteiger partial charge in [-0.2, -0.15) is 0 Å². The highest BCUT2D eigenvalue weighted by Crippen LogP contribution is 1.98. The van der Waals surface area contributed by atoms with E-state index in [2.05, 4.69) is 15.6 Å². The number of hydrogen-bond donors (Lipinski definition) is 3. The van der Waals surface area contributed by atoms with Crippen LogP contribution in [-0.2, 0) is 0 Å². The summed E-state index contributed by atoms with van der Waals surface area (Å²) in [6, 6.07) is 3.26. The van der Waals surface area contributed by atoms with Crippen LogP contribution in [0.3, 0.4) is 0 Å². The largest absolute Gasteiger partial charge is 0.459 e. The zero-order chi connectivity index (χ0) is 11.1. The lowest BCUT2D eigenvalue weighted by Gasteiger charge is -2.05. The van der Waals surface area contributed by atoms with Gasteiger partial charge >= 0.3 is 0 Å². The second kappa shape index (κ2) is 7.97. The third-order valence-electron chi connectivity index (χ3n) is 1.70. The minimum absolute atomic E-state index is 0. The molecule has 0 saturated heterocycles. The van der Waals surface area contributed by atoms with Crippen LogP contribution in [0.15, 0.2) is 27.8 Å². The van der Waals surface area contributed by atoms with Crippen LogP contribution in [0.25, 0.3) is 0 Å². The number of furan rings is 1. The minimum Gasteiger partial charge on any atom is -0.459 e. The van der Waals surface area contributed by atoms with Gasteiger partial charge in [0, 0.05) is 20.1 Å². The van der Waals surface area contributed by atoms with Crippen molar-refractivity contribution in [3.05, 3.63) is 24.2 Å². The van der Waals surface area contributed by atoms with Crippen LogP contribution in [0, 0.1) is 0 Å². The molecule has 0 atom stereocenters. The molecule has 0 unspecified atom stereocenters. The molecule has 0 aliphatic carbocycles. The highest BCUT2D eigenvalue weighted by molar-refractivity contribution is 14.0. The van der Waals surface area contributed by atoms with Gasteiger partial charge in [0.2, 0.25) is 0 Å². The highest BCUT2D eigenvalue weighted by atomic mass is 127. The van der Waals surface area contributed by atoms with E-state index in [-0.39, 0.29) is 29.9 Å². The monoisotopic (exact) mass is 338 g/mol. The number of halogens is 1. The average Bonchev–Trinajstić information content (AvgIpc) is 2.77. The van der Waals surface area contributed by atoms with E-state index in [1.165, 1.54) is 6.26 Å². The van der Waals surface area contributed by atoms with Crippen LogP contribution >= 0.6 is 24.0 Å². The number of aliphatic imine (C=N–C) groups is 1. The molecule has 0 aliphatic rings. The lowest BCUT2D eigenvalue weighted by Crippen LogP contribution is -2.38. The summed E-state index contributed by atoms with van der Waals surface area (Å²) in [5.41, 5.74) is 5.39. The Hall–Kier alpha value is -1.25. The molecule has 1 aromatic heterocycles. The number of rotatable bonds is 4. The van der Waals surface area contributed by atoms with E-state index in [1.54, 1.807) is 19.2 Å². The fourth-order valence-electron chi connectivity index (χ4n) is 0.941. The van der Waals surface area contributed by atoms with Gasteiger partial charge in [-0.3, -0.25) is 9.79 Å². The van der Waals surface area contributed by atoms with E-state index in [4.69, 9.17) is 10.2 Å². The predicted molar refractivity (Wildman–Crippen MR) is 72.0 cm³/mol. The maximum Gasteiger partial charge on any atom is 0.287 e. The number of nitrogens with one attached hydrogen (secondary N) is 2. The molecule has 1 heterocycles. The second-order valence-corrected chi connectivity index (χ2v) is 2.77. The Bertz CT molecular complexity index is 337. The van der Waals surface area contributed by atoms with Crippen molar-refractivity contribution in [2.45, 2.75) is 0 Å². The van der Waals surface area contributed by atoms with E-state index in [9.17, 15) is 4.79 Å². The summed E-state index contributed by atoms with van der Waals surface area (Å²) >= 11 is 0. The lowest BCUT2D eigenvalue weighted by molar-refractivity contribution is 0.0926. The summed E-state index contributed by atoms with van der Waals surface area (Å²) in [4.78, 5) is 15.0. The molecular weight excluding hydrogens is 323 g/mol. The standard InChI is InChI=1S/C9H14N4O2.HI/c1-11-9(10)13-5-4-12-8(14)7-3-2-6-15-7;/h2-3,6H,4-5H2,1H3,(H,12,14)(H3,10,11,13);1H. The van der Waals surface area contributed by atoms with Crippen molar-refractivity contribution in [3.8, 4) is 0 Å². The first-order valence-electron chi connectivity index (χ1n) is 4.52. The molecule has 0 aromatic carbocycles. The first kappa shape index (κ1) is 14.8. The Labute approximate surface area is 111 Å². The van der Waals surface area contributed by atoms with Gasteiger partial charge in [-0.05, 0) is 12.1 Å². The fourth-order valence-corrected chi connectivity index (χ4v) is 0.941. The molecule has 0 radical (unpaired) electrons. The van der Waals surface area contributed by atoms with Gasteiger partial charge in [0.15, 0.2) is 11.7 Å². The Balaban J connectivity index is 0.00000225. The predicted octanol–water partition coefficient (Wildman–Crippen LogP) is 0.162. The van der Waals surface area contributed by atoms with Crippen molar-refractivity contribution in [2.24, 2.45) is 10.7 Å². The molecule has 0 aliphatic heterocycles. The number of amides is 1. The number of guanidine groups is 1. The Morgan fingerprint density at radius 1 is 1.50 bits per heavy atom. The van der Waals surface area contributed by atoms with Gasteiger partial charge in [0.25, 0.3) is 5.91 Å². The molecule has 7 heteroatoms. The van der Waals surface area contributed by atoms with Gasteiger partial charge in [0.05, 0.1) is 6.26 Å². The Morgan fingerprint density at radius 3 is 2.75 bits per heavy atom. The quantitative estimate of drug-likeness (QED) is 0.316. The van der Waals surface area contributed by atoms with Crippen LogP contribution in [0.1, 0.15) is 10.6 Å². The lowest BCUT2D eigenvalue weighted by atomic mass is 10.4. The van der Waals surface area contributed by atoms with Crippen LogP contribution in [0.4, 0.5) is 0 Å². The minimum atomic E-state index is -0.242. The summed E-state index contributed by atoms with van der Waals surface area (Å²) < 4.78 is 4.91. The van der Waals surface area contributed by atoms with E-state index in [0.717, 1.165) is 0 Å². The zero-order valence-electron chi connectivity index (χ0n) is 8.90. The van der Waals surface area contributed by atoms with E-state index in [1.807, 2.05) is 0 Å². The molecule has 16 heavy (non-hydrogen) atoms. The maximum absolute atomic E-state index is 11.3. The van der Waals surface area contributed by atoms with Gasteiger partial charge in [-0.15, -0.1) is 24.0 Å². The first-order valence-corrected chi connectivity index (χ1v) is 4.52. The summed E-state index contributed by atoms with van der Waals surface area (Å²) in [6.07, 6.45) is 1.45. The molecular formula is C9H15IN4O2. The van der Waals surface area contributed by atoms with Crippen molar-refractivity contribution in [1.29, 1.82) is 0 Å². The second-order valence-electron chi connectivity index (χ2n) is 2.77. The number of carbonyl (C=O) groups is 1. The van der Waals surface area contributed by atoms with Crippen molar-refractivity contribution in [3.63, 3.8) is 0 Å². The molecule has 0 saturated carbocycles. The Morgan fingerprint density at radius 2 is 2.19 bits per heavy atom.